The van der Waals surface area contributed by atoms with Crippen molar-refractivity contribution in [2.45, 2.75) is 25.7 Å². The average Bonchev–Trinajstić information content (AvgIpc) is 2.98. The Morgan fingerprint density at radius 3 is 3.00 bits per heavy atom. The fourth-order valence-electron chi connectivity index (χ4n) is 3.50. The molecule has 3 unspecified atom stereocenters. The van der Waals surface area contributed by atoms with Crippen LogP contribution < -0.4 is 5.32 Å². The lowest BCUT2D eigenvalue weighted by Crippen LogP contribution is -2.31. The summed E-state index contributed by atoms with van der Waals surface area (Å²) in [5.74, 6) is 2.41. The number of rotatable bonds is 3. The second-order valence-electron chi connectivity index (χ2n) is 5.51. The second-order valence-corrected chi connectivity index (χ2v) is 5.90. The van der Waals surface area contributed by atoms with Crippen molar-refractivity contribution >= 4 is 17.5 Å². The van der Waals surface area contributed by atoms with Gasteiger partial charge in [-0.05, 0) is 49.1 Å². The van der Waals surface area contributed by atoms with Crippen LogP contribution in [-0.2, 0) is 0 Å². The summed E-state index contributed by atoms with van der Waals surface area (Å²) in [5, 5.41) is 3.39. The lowest BCUT2D eigenvalue weighted by molar-refractivity contribution is 0.0941. The van der Waals surface area contributed by atoms with E-state index >= 15 is 0 Å². The summed E-state index contributed by atoms with van der Waals surface area (Å²) >= 11 is 5.78. The molecule has 3 rings (SSSR count). The molecule has 3 atom stereocenters. The maximum Gasteiger partial charge on any atom is 0.251 e. The van der Waals surface area contributed by atoms with Gasteiger partial charge in [0.1, 0.15) is 5.15 Å². The summed E-state index contributed by atoms with van der Waals surface area (Å²) in [7, 11) is 0. The van der Waals surface area contributed by atoms with Gasteiger partial charge < -0.3 is 5.32 Å². The molecule has 0 saturated heterocycles. The number of aromatic nitrogens is 1. The van der Waals surface area contributed by atoms with Crippen LogP contribution in [0.25, 0.3) is 0 Å². The van der Waals surface area contributed by atoms with Crippen molar-refractivity contribution in [3.63, 3.8) is 0 Å². The fraction of sp³-hybridized carbons (Fsp3) is 0.571. The molecule has 1 aromatic rings. The number of nitrogens with one attached hydrogen (secondary N) is 1. The third-order valence-corrected chi connectivity index (χ3v) is 4.60. The molecular weight excluding hydrogens is 248 g/mol. The number of pyridine rings is 1. The molecule has 0 aromatic carbocycles. The van der Waals surface area contributed by atoms with Crippen molar-refractivity contribution in [2.24, 2.45) is 17.8 Å². The SMILES string of the molecule is O=C(NCC1CC2CCC1C2)c1ccnc(Cl)c1. The molecule has 1 amide bonds. The Morgan fingerprint density at radius 1 is 1.44 bits per heavy atom. The van der Waals surface area contributed by atoms with Crippen LogP contribution in [0.4, 0.5) is 0 Å². The Labute approximate surface area is 112 Å². The molecule has 2 fully saturated rings. The predicted molar refractivity (Wildman–Crippen MR) is 70.5 cm³/mol. The minimum absolute atomic E-state index is 0.0397. The Morgan fingerprint density at radius 2 is 2.33 bits per heavy atom. The minimum atomic E-state index is -0.0397. The maximum absolute atomic E-state index is 12.0. The van der Waals surface area contributed by atoms with Gasteiger partial charge in [0.15, 0.2) is 0 Å². The smallest absolute Gasteiger partial charge is 0.251 e. The van der Waals surface area contributed by atoms with E-state index in [0.717, 1.165) is 18.4 Å². The number of fused-ring (bicyclic) bond motifs is 2. The number of nitrogens with zero attached hydrogens (tertiary/aromatic N) is 1. The average molecular weight is 265 g/mol. The quantitative estimate of drug-likeness (QED) is 0.853. The van der Waals surface area contributed by atoms with Gasteiger partial charge in [-0.25, -0.2) is 4.98 Å². The number of amides is 1. The van der Waals surface area contributed by atoms with E-state index in [1.807, 2.05) is 0 Å². The van der Waals surface area contributed by atoms with Gasteiger partial charge in [-0.1, -0.05) is 18.0 Å². The van der Waals surface area contributed by atoms with Crippen LogP contribution in [0.1, 0.15) is 36.0 Å². The van der Waals surface area contributed by atoms with Crippen molar-refractivity contribution in [3.05, 3.63) is 29.0 Å². The van der Waals surface area contributed by atoms with E-state index in [-0.39, 0.29) is 5.91 Å². The van der Waals surface area contributed by atoms with Gasteiger partial charge in [-0.3, -0.25) is 4.79 Å². The van der Waals surface area contributed by atoms with E-state index in [9.17, 15) is 4.79 Å². The van der Waals surface area contributed by atoms with Gasteiger partial charge in [0, 0.05) is 18.3 Å². The molecule has 1 N–H and O–H groups in total. The molecule has 96 valence electrons. The molecule has 2 saturated carbocycles. The van der Waals surface area contributed by atoms with E-state index < -0.39 is 0 Å². The van der Waals surface area contributed by atoms with Gasteiger partial charge in [0.25, 0.3) is 5.91 Å². The first-order valence-electron chi connectivity index (χ1n) is 6.62. The van der Waals surface area contributed by atoms with E-state index in [1.165, 1.54) is 25.7 Å². The molecule has 0 radical (unpaired) electrons. The maximum atomic E-state index is 12.0. The first-order chi connectivity index (χ1) is 8.72. The summed E-state index contributed by atoms with van der Waals surface area (Å²) in [5.41, 5.74) is 0.596. The van der Waals surface area contributed by atoms with Crippen molar-refractivity contribution in [1.82, 2.24) is 10.3 Å². The van der Waals surface area contributed by atoms with Gasteiger partial charge in [0.05, 0.1) is 0 Å². The van der Waals surface area contributed by atoms with Gasteiger partial charge in [-0.15, -0.1) is 0 Å². The third kappa shape index (κ3) is 2.37. The summed E-state index contributed by atoms with van der Waals surface area (Å²) in [6.07, 6.45) is 6.99. The van der Waals surface area contributed by atoms with Crippen molar-refractivity contribution < 1.29 is 4.79 Å². The number of carbonyl (C=O) groups is 1. The fourth-order valence-corrected chi connectivity index (χ4v) is 3.67. The van der Waals surface area contributed by atoms with Gasteiger partial charge >= 0.3 is 0 Å². The van der Waals surface area contributed by atoms with E-state index in [0.29, 0.717) is 16.6 Å². The third-order valence-electron chi connectivity index (χ3n) is 4.40. The molecule has 2 aliphatic carbocycles. The zero-order valence-corrected chi connectivity index (χ0v) is 11.0. The molecule has 4 heteroatoms. The highest BCUT2D eigenvalue weighted by atomic mass is 35.5. The van der Waals surface area contributed by atoms with Crippen molar-refractivity contribution in [1.29, 1.82) is 0 Å². The standard InChI is InChI=1S/C14H17ClN2O/c15-13-7-11(3-4-16-13)14(18)17-8-12-6-9-1-2-10(12)5-9/h3-4,7,9-10,12H,1-2,5-6,8H2,(H,17,18). The zero-order valence-electron chi connectivity index (χ0n) is 10.2. The lowest BCUT2D eigenvalue weighted by Gasteiger charge is -2.21. The normalized spacial score (nSPS) is 29.5. The second kappa shape index (κ2) is 4.88. The highest BCUT2D eigenvalue weighted by Gasteiger charge is 2.39. The number of halogens is 1. The van der Waals surface area contributed by atoms with E-state index in [1.54, 1.807) is 18.3 Å². The molecule has 0 aliphatic heterocycles. The Balaban J connectivity index is 1.56. The lowest BCUT2D eigenvalue weighted by atomic mass is 9.89. The van der Waals surface area contributed by atoms with Crippen LogP contribution in [0.3, 0.4) is 0 Å². The molecule has 0 spiro atoms. The van der Waals surface area contributed by atoms with E-state index in [4.69, 9.17) is 11.6 Å². The molecule has 1 heterocycles. The summed E-state index contributed by atoms with van der Waals surface area (Å²) in [6.45, 7) is 0.805. The molecule has 1 aromatic heterocycles. The highest BCUT2D eigenvalue weighted by molar-refractivity contribution is 6.29. The molecule has 18 heavy (non-hydrogen) atoms. The molecule has 3 nitrogen and oxygen atoms in total. The number of carbonyl (C=O) groups excluding carboxylic acids is 1. The van der Waals surface area contributed by atoms with Crippen LogP contribution >= 0.6 is 11.6 Å². The minimum Gasteiger partial charge on any atom is -0.352 e. The van der Waals surface area contributed by atoms with E-state index in [2.05, 4.69) is 10.3 Å². The van der Waals surface area contributed by atoms with Gasteiger partial charge in [0.2, 0.25) is 0 Å². The Bertz CT molecular complexity index is 463. The van der Waals surface area contributed by atoms with Crippen LogP contribution in [-0.4, -0.2) is 17.4 Å². The predicted octanol–water partition coefficient (Wildman–Crippen LogP) is 2.90. The molecule has 2 bridgehead atoms. The van der Waals surface area contributed by atoms with Gasteiger partial charge in [-0.2, -0.15) is 0 Å². The summed E-state index contributed by atoms with van der Waals surface area (Å²) < 4.78 is 0. The molecule has 2 aliphatic rings. The first kappa shape index (κ1) is 12.0. The zero-order chi connectivity index (χ0) is 12.5. The summed E-state index contributed by atoms with van der Waals surface area (Å²) in [4.78, 5) is 15.8. The Hall–Kier alpha value is -1.09. The topological polar surface area (TPSA) is 42.0 Å². The van der Waals surface area contributed by atoms with Crippen LogP contribution in [0.15, 0.2) is 18.3 Å². The monoisotopic (exact) mass is 264 g/mol. The van der Waals surface area contributed by atoms with Crippen molar-refractivity contribution in [3.8, 4) is 0 Å². The molecular formula is C14H17ClN2O. The number of hydrogen-bond acceptors (Lipinski definition) is 2. The first-order valence-corrected chi connectivity index (χ1v) is 7.00. The number of hydrogen-bond donors (Lipinski definition) is 1. The summed E-state index contributed by atoms with van der Waals surface area (Å²) in [6, 6.07) is 3.31. The largest absolute Gasteiger partial charge is 0.352 e. The highest BCUT2D eigenvalue weighted by Crippen LogP contribution is 2.47. The van der Waals surface area contributed by atoms with Crippen LogP contribution in [0.5, 0.6) is 0 Å². The Kier molecular flexibility index (Phi) is 3.25. The van der Waals surface area contributed by atoms with Crippen molar-refractivity contribution in [2.75, 3.05) is 6.54 Å². The van der Waals surface area contributed by atoms with Crippen LogP contribution in [0, 0.1) is 17.8 Å². The van der Waals surface area contributed by atoms with Crippen LogP contribution in [0.2, 0.25) is 5.15 Å².